The van der Waals surface area contributed by atoms with Crippen LogP contribution in [0.4, 0.5) is 10.5 Å². The van der Waals surface area contributed by atoms with Crippen molar-refractivity contribution in [3.05, 3.63) is 30.3 Å². The van der Waals surface area contributed by atoms with Gasteiger partial charge in [-0.05, 0) is 72.4 Å². The van der Waals surface area contributed by atoms with Crippen LogP contribution in [0.15, 0.2) is 30.3 Å². The fraction of sp³-hybridized carbons (Fsp3) is 0.593. The number of likely N-dealkylation sites (tertiary alicyclic amines) is 2. The molecule has 0 aliphatic carbocycles. The Morgan fingerprint density at radius 3 is 2.13 bits per heavy atom. The lowest BCUT2D eigenvalue weighted by molar-refractivity contribution is -0.143. The Labute approximate surface area is 223 Å². The lowest BCUT2D eigenvalue weighted by Crippen LogP contribution is -2.60. The second-order valence-electron chi connectivity index (χ2n) is 11.2. The molecule has 2 fully saturated rings. The molecule has 2 unspecified atom stereocenters. The molecule has 3 rings (SSSR count). The van der Waals surface area contributed by atoms with Gasteiger partial charge in [-0.15, -0.1) is 0 Å². The molecule has 0 saturated carbocycles. The van der Waals surface area contributed by atoms with Crippen molar-refractivity contribution in [2.24, 2.45) is 0 Å². The summed E-state index contributed by atoms with van der Waals surface area (Å²) in [5.41, 5.74) is -1.40. The minimum Gasteiger partial charge on any atom is -0.444 e. The summed E-state index contributed by atoms with van der Waals surface area (Å²) in [6, 6.07) is 7.42. The number of para-hydroxylation sites is 1. The fourth-order valence-electron chi connectivity index (χ4n) is 4.61. The Balaban J connectivity index is 1.57. The summed E-state index contributed by atoms with van der Waals surface area (Å²) in [7, 11) is 0. The molecule has 5 amide bonds. The first-order valence-electron chi connectivity index (χ1n) is 13.0. The van der Waals surface area contributed by atoms with E-state index in [0.29, 0.717) is 44.5 Å². The van der Waals surface area contributed by atoms with Crippen molar-refractivity contribution in [3.8, 4) is 0 Å². The van der Waals surface area contributed by atoms with Crippen molar-refractivity contribution in [3.63, 3.8) is 0 Å². The number of ether oxygens (including phenoxy) is 1. The van der Waals surface area contributed by atoms with E-state index in [4.69, 9.17) is 4.74 Å². The van der Waals surface area contributed by atoms with Crippen LogP contribution in [0.2, 0.25) is 0 Å². The zero-order valence-electron chi connectivity index (χ0n) is 22.8. The van der Waals surface area contributed by atoms with Gasteiger partial charge in [0.25, 0.3) is 0 Å². The molecule has 2 aliphatic rings. The predicted molar refractivity (Wildman–Crippen MR) is 141 cm³/mol. The topological polar surface area (TPSA) is 137 Å². The second kappa shape index (κ2) is 11.8. The van der Waals surface area contributed by atoms with E-state index >= 15 is 0 Å². The normalized spacial score (nSPS) is 19.6. The van der Waals surface area contributed by atoms with Crippen LogP contribution in [-0.4, -0.2) is 82.4 Å². The molecule has 2 aliphatic heterocycles. The van der Waals surface area contributed by atoms with Crippen molar-refractivity contribution in [1.82, 2.24) is 20.4 Å². The number of nitrogens with zero attached hydrogens (tertiary/aromatic N) is 2. The molecule has 0 spiro atoms. The summed E-state index contributed by atoms with van der Waals surface area (Å²) in [4.78, 5) is 67.2. The number of hydrogen-bond acceptors (Lipinski definition) is 6. The fourth-order valence-corrected chi connectivity index (χ4v) is 4.61. The second-order valence-corrected chi connectivity index (χ2v) is 11.2. The number of carbonyl (C=O) groups excluding carboxylic acids is 5. The first-order valence-corrected chi connectivity index (χ1v) is 13.0. The molecule has 2 atom stereocenters. The number of carbonyl (C=O) groups is 5. The van der Waals surface area contributed by atoms with Crippen molar-refractivity contribution in [1.29, 1.82) is 0 Å². The van der Waals surface area contributed by atoms with E-state index in [1.54, 1.807) is 45.0 Å². The third-order valence-corrected chi connectivity index (χ3v) is 6.47. The van der Waals surface area contributed by atoms with E-state index in [0.717, 1.165) is 0 Å². The highest BCUT2D eigenvalue weighted by atomic mass is 16.6. The highest BCUT2D eigenvalue weighted by Crippen LogP contribution is 2.27. The van der Waals surface area contributed by atoms with Gasteiger partial charge in [-0.3, -0.25) is 24.1 Å². The molecule has 208 valence electrons. The number of rotatable bonds is 7. The minimum atomic E-state index is -1.32. The Morgan fingerprint density at radius 1 is 0.895 bits per heavy atom. The molecule has 11 heteroatoms. The highest BCUT2D eigenvalue weighted by molar-refractivity contribution is 5.98. The average Bonchev–Trinajstić information content (AvgIpc) is 3.51. The summed E-state index contributed by atoms with van der Waals surface area (Å²) in [6.07, 6.45) is 1.72. The highest BCUT2D eigenvalue weighted by Gasteiger charge is 2.44. The quantitative estimate of drug-likeness (QED) is 0.494. The zero-order valence-corrected chi connectivity index (χ0v) is 22.8. The van der Waals surface area contributed by atoms with Gasteiger partial charge in [-0.1, -0.05) is 18.2 Å². The molecular weight excluding hydrogens is 490 g/mol. The monoisotopic (exact) mass is 529 g/mol. The molecular formula is C27H39N5O6. The smallest absolute Gasteiger partial charge is 0.410 e. The van der Waals surface area contributed by atoms with Crippen LogP contribution in [-0.2, 0) is 23.9 Å². The SMILES string of the molecule is CC(C)(C)OC(=O)N1CCCC1C(=O)N1CCCC1C(=O)NC(C)(C)C(=O)NCC(=O)Nc1ccccc1. The average molecular weight is 530 g/mol. The summed E-state index contributed by atoms with van der Waals surface area (Å²) < 4.78 is 5.47. The maximum Gasteiger partial charge on any atom is 0.410 e. The summed E-state index contributed by atoms with van der Waals surface area (Å²) in [6.45, 7) is 8.94. The number of benzene rings is 1. The number of anilines is 1. The Bertz CT molecular complexity index is 1050. The number of hydrogen-bond donors (Lipinski definition) is 3. The van der Waals surface area contributed by atoms with Crippen LogP contribution in [0.3, 0.4) is 0 Å². The van der Waals surface area contributed by atoms with E-state index in [9.17, 15) is 24.0 Å². The Hall–Kier alpha value is -3.63. The first kappa shape index (κ1) is 28.9. The molecule has 38 heavy (non-hydrogen) atoms. The van der Waals surface area contributed by atoms with E-state index in [-0.39, 0.29) is 12.5 Å². The molecule has 1 aromatic rings. The molecule has 2 heterocycles. The van der Waals surface area contributed by atoms with Gasteiger partial charge in [0, 0.05) is 18.8 Å². The van der Waals surface area contributed by atoms with E-state index in [2.05, 4.69) is 16.0 Å². The summed E-state index contributed by atoms with van der Waals surface area (Å²) in [5.74, 6) is -1.67. The van der Waals surface area contributed by atoms with Gasteiger partial charge in [0.1, 0.15) is 23.2 Å². The molecule has 0 aromatic heterocycles. The van der Waals surface area contributed by atoms with Crippen molar-refractivity contribution in [2.45, 2.75) is 83.5 Å². The van der Waals surface area contributed by atoms with Gasteiger partial charge in [-0.25, -0.2) is 4.79 Å². The lowest BCUT2D eigenvalue weighted by Gasteiger charge is -2.33. The maximum absolute atomic E-state index is 13.4. The molecule has 1 aromatic carbocycles. The van der Waals surface area contributed by atoms with Crippen molar-refractivity contribution in [2.75, 3.05) is 25.0 Å². The molecule has 3 N–H and O–H groups in total. The maximum atomic E-state index is 13.4. The van der Waals surface area contributed by atoms with Crippen LogP contribution in [0, 0.1) is 0 Å². The summed E-state index contributed by atoms with van der Waals surface area (Å²) >= 11 is 0. The van der Waals surface area contributed by atoms with Gasteiger partial charge < -0.3 is 25.6 Å². The van der Waals surface area contributed by atoms with E-state index < -0.39 is 47.0 Å². The van der Waals surface area contributed by atoms with Crippen LogP contribution < -0.4 is 16.0 Å². The number of amides is 5. The van der Waals surface area contributed by atoms with E-state index in [1.165, 1.54) is 23.6 Å². The van der Waals surface area contributed by atoms with Crippen LogP contribution in [0.25, 0.3) is 0 Å². The molecule has 0 bridgehead atoms. The third kappa shape index (κ3) is 7.45. The Kier molecular flexibility index (Phi) is 9.01. The minimum absolute atomic E-state index is 0.261. The molecule has 0 radical (unpaired) electrons. The van der Waals surface area contributed by atoms with Gasteiger partial charge in [0.2, 0.25) is 23.6 Å². The third-order valence-electron chi connectivity index (χ3n) is 6.47. The largest absolute Gasteiger partial charge is 0.444 e. The molecule has 11 nitrogen and oxygen atoms in total. The number of nitrogens with one attached hydrogen (secondary N) is 3. The van der Waals surface area contributed by atoms with Gasteiger partial charge >= 0.3 is 6.09 Å². The van der Waals surface area contributed by atoms with Gasteiger partial charge in [-0.2, -0.15) is 0 Å². The molecule has 2 saturated heterocycles. The predicted octanol–water partition coefficient (Wildman–Crippen LogP) is 2.03. The van der Waals surface area contributed by atoms with Crippen molar-refractivity contribution < 1.29 is 28.7 Å². The zero-order chi connectivity index (χ0) is 28.1. The van der Waals surface area contributed by atoms with Crippen LogP contribution in [0.1, 0.15) is 60.3 Å². The van der Waals surface area contributed by atoms with Crippen LogP contribution >= 0.6 is 0 Å². The Morgan fingerprint density at radius 2 is 1.50 bits per heavy atom. The summed E-state index contributed by atoms with van der Waals surface area (Å²) in [5, 5.41) is 7.96. The van der Waals surface area contributed by atoms with E-state index in [1.807, 2.05) is 6.07 Å². The first-order chi connectivity index (χ1) is 17.8. The van der Waals surface area contributed by atoms with Gasteiger partial charge in [0.15, 0.2) is 0 Å². The van der Waals surface area contributed by atoms with Crippen molar-refractivity contribution >= 4 is 35.4 Å². The lowest BCUT2D eigenvalue weighted by atomic mass is 10.0. The van der Waals surface area contributed by atoms with Crippen LogP contribution in [0.5, 0.6) is 0 Å². The van der Waals surface area contributed by atoms with Gasteiger partial charge in [0.05, 0.1) is 6.54 Å². The standard InChI is InChI=1S/C27H39N5O6/c1-26(2,3)38-25(37)32-16-10-14-20(32)23(35)31-15-9-13-19(31)22(34)30-27(4,5)24(36)28-17-21(33)29-18-11-7-6-8-12-18/h6-8,11-12,19-20H,9-10,13-17H2,1-5H3,(H,28,36)(H,29,33)(H,30,34).